The van der Waals surface area contributed by atoms with Crippen LogP contribution in [0.1, 0.15) is 19.3 Å². The van der Waals surface area contributed by atoms with Gasteiger partial charge in [-0.3, -0.25) is 9.80 Å². The summed E-state index contributed by atoms with van der Waals surface area (Å²) in [6.45, 7) is 0. The Balaban J connectivity index is 3.23. The van der Waals surface area contributed by atoms with E-state index in [0.29, 0.717) is 0 Å². The standard InChI is InChI=1S/C17H38N2S6/c1-18(14-22-10-5-8-20-3)16-24-12-7-13-25-17-19(2)15-23-11-6-9-21-4/h5-17H2,1-4H3. The summed E-state index contributed by atoms with van der Waals surface area (Å²) < 4.78 is 0. The van der Waals surface area contributed by atoms with Crippen LogP contribution in [0.5, 0.6) is 0 Å². The summed E-state index contributed by atoms with van der Waals surface area (Å²) in [6, 6.07) is 0. The second-order valence-electron chi connectivity index (χ2n) is 5.91. The molecule has 0 aliphatic rings. The molecule has 0 unspecified atom stereocenters. The third kappa shape index (κ3) is 22.2. The number of thioether (sulfide) groups is 6. The lowest BCUT2D eigenvalue weighted by Crippen LogP contribution is -2.18. The molecule has 0 amide bonds. The maximum Gasteiger partial charge on any atom is 0.0449 e. The molecule has 2 nitrogen and oxygen atoms in total. The molecular formula is C17H38N2S6. The van der Waals surface area contributed by atoms with Crippen molar-refractivity contribution in [3.8, 4) is 0 Å². The van der Waals surface area contributed by atoms with E-state index in [0.717, 1.165) is 0 Å². The fraction of sp³-hybridized carbons (Fsp3) is 1.00. The minimum Gasteiger partial charge on any atom is -0.288 e. The van der Waals surface area contributed by atoms with Crippen molar-refractivity contribution in [2.45, 2.75) is 19.3 Å². The van der Waals surface area contributed by atoms with Crippen molar-refractivity contribution in [1.29, 1.82) is 0 Å². The maximum atomic E-state index is 2.45. The third-order valence-corrected chi connectivity index (χ3v) is 9.29. The van der Waals surface area contributed by atoms with Crippen LogP contribution in [0.2, 0.25) is 0 Å². The lowest BCUT2D eigenvalue weighted by atomic mass is 10.6. The van der Waals surface area contributed by atoms with Crippen LogP contribution in [-0.2, 0) is 0 Å². The summed E-state index contributed by atoms with van der Waals surface area (Å²) in [7, 11) is 4.49. The van der Waals surface area contributed by atoms with Gasteiger partial charge in [-0.05, 0) is 80.4 Å². The van der Waals surface area contributed by atoms with Gasteiger partial charge >= 0.3 is 0 Å². The zero-order valence-electron chi connectivity index (χ0n) is 16.5. The van der Waals surface area contributed by atoms with Crippen molar-refractivity contribution in [2.75, 3.05) is 84.6 Å². The molecule has 0 heterocycles. The largest absolute Gasteiger partial charge is 0.288 e. The van der Waals surface area contributed by atoms with Crippen LogP contribution in [0.15, 0.2) is 0 Å². The number of rotatable bonds is 20. The Morgan fingerprint density at radius 1 is 0.480 bits per heavy atom. The van der Waals surface area contributed by atoms with Gasteiger partial charge in [0.1, 0.15) is 0 Å². The van der Waals surface area contributed by atoms with Gasteiger partial charge in [-0.1, -0.05) is 0 Å². The average Bonchev–Trinajstić information content (AvgIpc) is 2.60. The molecule has 0 radical (unpaired) electrons. The highest BCUT2D eigenvalue weighted by Crippen LogP contribution is 2.14. The molecule has 0 aromatic carbocycles. The van der Waals surface area contributed by atoms with Gasteiger partial charge in [0.25, 0.3) is 0 Å². The third-order valence-electron chi connectivity index (χ3n) is 3.10. The fourth-order valence-electron chi connectivity index (χ4n) is 1.83. The topological polar surface area (TPSA) is 6.48 Å². The monoisotopic (exact) mass is 462 g/mol. The molecular weight excluding hydrogens is 425 g/mol. The molecule has 25 heavy (non-hydrogen) atoms. The minimum absolute atomic E-state index is 1.17. The van der Waals surface area contributed by atoms with E-state index >= 15 is 0 Å². The molecule has 0 aliphatic carbocycles. The Labute approximate surface area is 183 Å². The Morgan fingerprint density at radius 2 is 0.760 bits per heavy atom. The van der Waals surface area contributed by atoms with E-state index in [4.69, 9.17) is 0 Å². The van der Waals surface area contributed by atoms with Gasteiger partial charge in [0.05, 0.1) is 0 Å². The summed E-state index contributed by atoms with van der Waals surface area (Å²) in [5.41, 5.74) is 0. The van der Waals surface area contributed by atoms with Gasteiger partial charge in [0, 0.05) is 23.5 Å². The zero-order valence-corrected chi connectivity index (χ0v) is 21.4. The molecule has 8 heteroatoms. The van der Waals surface area contributed by atoms with Crippen LogP contribution in [0.4, 0.5) is 0 Å². The first-order chi connectivity index (χ1) is 12.2. The molecule has 0 N–H and O–H groups in total. The van der Waals surface area contributed by atoms with Crippen molar-refractivity contribution in [1.82, 2.24) is 9.80 Å². The minimum atomic E-state index is 1.17. The molecule has 0 aliphatic heterocycles. The Morgan fingerprint density at radius 3 is 1.04 bits per heavy atom. The van der Waals surface area contributed by atoms with Gasteiger partial charge in [0.2, 0.25) is 0 Å². The summed E-state index contributed by atoms with van der Waals surface area (Å²) >= 11 is 12.2. The van der Waals surface area contributed by atoms with Crippen LogP contribution in [0.3, 0.4) is 0 Å². The maximum absolute atomic E-state index is 2.45. The molecule has 0 saturated carbocycles. The normalized spacial score (nSPS) is 11.8. The molecule has 152 valence electrons. The first-order valence-electron chi connectivity index (χ1n) is 8.86. The number of hydrogen-bond donors (Lipinski definition) is 0. The first kappa shape index (κ1) is 27.0. The van der Waals surface area contributed by atoms with Gasteiger partial charge in [0.15, 0.2) is 0 Å². The van der Waals surface area contributed by atoms with E-state index in [1.165, 1.54) is 77.3 Å². The van der Waals surface area contributed by atoms with Crippen molar-refractivity contribution in [3.05, 3.63) is 0 Å². The van der Waals surface area contributed by atoms with Gasteiger partial charge in [-0.15, -0.1) is 47.0 Å². The summed E-state index contributed by atoms with van der Waals surface area (Å²) in [4.78, 5) is 4.90. The predicted molar refractivity (Wildman–Crippen MR) is 135 cm³/mol. The molecule has 0 aromatic heterocycles. The molecule has 0 saturated heterocycles. The lowest BCUT2D eigenvalue weighted by Gasteiger charge is -2.16. The van der Waals surface area contributed by atoms with E-state index in [2.05, 4.69) is 83.5 Å². The highest BCUT2D eigenvalue weighted by atomic mass is 32.2. The number of nitrogens with zero attached hydrogens (tertiary/aromatic N) is 2. The molecule has 0 spiro atoms. The highest BCUT2D eigenvalue weighted by molar-refractivity contribution is 8.01. The van der Waals surface area contributed by atoms with E-state index < -0.39 is 0 Å². The summed E-state index contributed by atoms with van der Waals surface area (Å²) in [6.07, 6.45) is 8.40. The molecule has 0 rings (SSSR count). The van der Waals surface area contributed by atoms with Crippen molar-refractivity contribution in [3.63, 3.8) is 0 Å². The van der Waals surface area contributed by atoms with Crippen LogP contribution in [0.25, 0.3) is 0 Å². The van der Waals surface area contributed by atoms with E-state index in [-0.39, 0.29) is 0 Å². The molecule has 0 fully saturated rings. The van der Waals surface area contributed by atoms with E-state index in [1.807, 2.05) is 23.5 Å². The second-order valence-corrected chi connectivity index (χ2v) is 12.2. The SMILES string of the molecule is CSCCCSCN(C)CSCCCSCN(C)CSCCCSC. The zero-order chi connectivity index (χ0) is 18.6. The second kappa shape index (κ2) is 22.3. The van der Waals surface area contributed by atoms with Crippen molar-refractivity contribution in [2.24, 2.45) is 0 Å². The van der Waals surface area contributed by atoms with Gasteiger partial charge < -0.3 is 0 Å². The average molecular weight is 463 g/mol. The first-order valence-corrected chi connectivity index (χ1v) is 16.3. The predicted octanol–water partition coefficient (Wildman–Crippen LogP) is 5.51. The van der Waals surface area contributed by atoms with E-state index in [9.17, 15) is 0 Å². The van der Waals surface area contributed by atoms with E-state index in [1.54, 1.807) is 0 Å². The summed E-state index contributed by atoms with van der Waals surface area (Å²) in [5.74, 6) is 12.5. The van der Waals surface area contributed by atoms with Crippen LogP contribution in [0, 0.1) is 0 Å². The van der Waals surface area contributed by atoms with Crippen LogP contribution in [-0.4, -0.2) is 94.4 Å². The van der Waals surface area contributed by atoms with Crippen LogP contribution >= 0.6 is 70.6 Å². The Kier molecular flexibility index (Phi) is 24.1. The summed E-state index contributed by atoms with van der Waals surface area (Å²) in [5, 5.41) is 0. The lowest BCUT2D eigenvalue weighted by molar-refractivity contribution is 0.465. The fourth-order valence-corrected chi connectivity index (χ4v) is 7.00. The van der Waals surface area contributed by atoms with Crippen molar-refractivity contribution >= 4 is 70.6 Å². The Bertz CT molecular complexity index is 237. The molecule has 0 atom stereocenters. The Hall–Kier alpha value is 2.02. The van der Waals surface area contributed by atoms with Gasteiger partial charge in [-0.2, -0.15) is 23.5 Å². The smallest absolute Gasteiger partial charge is 0.0449 e. The quantitative estimate of drug-likeness (QED) is 0.170. The van der Waals surface area contributed by atoms with Crippen molar-refractivity contribution < 1.29 is 0 Å². The number of hydrogen-bond acceptors (Lipinski definition) is 8. The van der Waals surface area contributed by atoms with Crippen LogP contribution < -0.4 is 0 Å². The van der Waals surface area contributed by atoms with Gasteiger partial charge in [-0.25, -0.2) is 0 Å². The molecule has 0 aromatic rings. The molecule has 0 bridgehead atoms. The highest BCUT2D eigenvalue weighted by Gasteiger charge is 2.01.